The van der Waals surface area contributed by atoms with Crippen LogP contribution in [0.4, 0.5) is 0 Å². The molecular formula is C14H24N2S. The zero-order valence-electron chi connectivity index (χ0n) is 11.2. The molecule has 2 unspecified atom stereocenters. The second kappa shape index (κ2) is 5.51. The van der Waals surface area contributed by atoms with Crippen LogP contribution in [0.5, 0.6) is 0 Å². The van der Waals surface area contributed by atoms with Crippen LogP contribution in [-0.2, 0) is 6.54 Å². The number of hydrogen-bond acceptors (Lipinski definition) is 3. The third kappa shape index (κ3) is 2.90. The highest BCUT2D eigenvalue weighted by Gasteiger charge is 2.27. The molecule has 96 valence electrons. The van der Waals surface area contributed by atoms with E-state index in [9.17, 15) is 0 Å². The maximum absolute atomic E-state index is 5.91. The Kier molecular flexibility index (Phi) is 4.23. The van der Waals surface area contributed by atoms with E-state index in [4.69, 9.17) is 5.73 Å². The van der Waals surface area contributed by atoms with E-state index < -0.39 is 0 Å². The summed E-state index contributed by atoms with van der Waals surface area (Å²) in [7, 11) is 0. The number of aryl methyl sites for hydroxylation is 2. The number of rotatable bonds is 3. The summed E-state index contributed by atoms with van der Waals surface area (Å²) in [6, 6.07) is 3.60. The molecule has 1 aliphatic rings. The second-order valence-electron chi connectivity index (χ2n) is 5.28. The number of hydrogen-bond donors (Lipinski definition) is 1. The molecule has 1 aromatic heterocycles. The van der Waals surface area contributed by atoms with Crippen molar-refractivity contribution in [3.63, 3.8) is 0 Å². The standard InChI is InChI=1S/C14H24N2S/c1-10-5-4-6-14(8-15)16(10)9-13-7-11(2)17-12(13)3/h7,10,14H,4-6,8-9,15H2,1-3H3. The van der Waals surface area contributed by atoms with Crippen LogP contribution in [0.3, 0.4) is 0 Å². The third-order valence-corrected chi connectivity index (χ3v) is 4.97. The molecule has 0 aliphatic carbocycles. The van der Waals surface area contributed by atoms with E-state index in [0.717, 1.165) is 13.1 Å². The lowest BCUT2D eigenvalue weighted by Crippen LogP contribution is -2.48. The molecule has 0 amide bonds. The molecule has 0 spiro atoms. The molecule has 1 aromatic rings. The minimum atomic E-state index is 0.582. The number of nitrogens with zero attached hydrogens (tertiary/aromatic N) is 1. The van der Waals surface area contributed by atoms with Gasteiger partial charge in [-0.3, -0.25) is 4.90 Å². The topological polar surface area (TPSA) is 29.3 Å². The van der Waals surface area contributed by atoms with Gasteiger partial charge < -0.3 is 5.73 Å². The summed E-state index contributed by atoms with van der Waals surface area (Å²) in [6.45, 7) is 8.66. The van der Waals surface area contributed by atoms with Crippen LogP contribution in [0.25, 0.3) is 0 Å². The van der Waals surface area contributed by atoms with Gasteiger partial charge in [-0.05, 0) is 45.2 Å². The van der Waals surface area contributed by atoms with E-state index >= 15 is 0 Å². The second-order valence-corrected chi connectivity index (χ2v) is 6.74. The first-order valence-corrected chi connectivity index (χ1v) is 7.45. The normalized spacial score (nSPS) is 26.4. The Morgan fingerprint density at radius 3 is 2.76 bits per heavy atom. The maximum Gasteiger partial charge on any atom is 0.0251 e. The predicted octanol–water partition coefficient (Wildman–Crippen LogP) is 3.07. The molecule has 2 nitrogen and oxygen atoms in total. The Labute approximate surface area is 109 Å². The van der Waals surface area contributed by atoms with Crippen molar-refractivity contribution < 1.29 is 0 Å². The Morgan fingerprint density at radius 1 is 1.41 bits per heavy atom. The van der Waals surface area contributed by atoms with Gasteiger partial charge in [0.1, 0.15) is 0 Å². The van der Waals surface area contributed by atoms with Crippen LogP contribution in [0.1, 0.15) is 41.5 Å². The highest BCUT2D eigenvalue weighted by atomic mass is 32.1. The van der Waals surface area contributed by atoms with Crippen LogP contribution >= 0.6 is 11.3 Å². The lowest BCUT2D eigenvalue weighted by molar-refractivity contribution is 0.0892. The average Bonchev–Trinajstić information content (AvgIpc) is 2.60. The minimum absolute atomic E-state index is 0.582. The average molecular weight is 252 g/mol. The van der Waals surface area contributed by atoms with Crippen molar-refractivity contribution in [2.75, 3.05) is 6.54 Å². The van der Waals surface area contributed by atoms with Crippen LogP contribution in [0.15, 0.2) is 6.07 Å². The van der Waals surface area contributed by atoms with Gasteiger partial charge in [0.2, 0.25) is 0 Å². The molecule has 1 saturated heterocycles. The predicted molar refractivity (Wildman–Crippen MR) is 75.5 cm³/mol. The number of piperidine rings is 1. The molecule has 1 aliphatic heterocycles. The summed E-state index contributed by atoms with van der Waals surface area (Å²) in [5, 5.41) is 0. The van der Waals surface area contributed by atoms with Gasteiger partial charge in [0.05, 0.1) is 0 Å². The van der Waals surface area contributed by atoms with E-state index in [-0.39, 0.29) is 0 Å². The van der Waals surface area contributed by atoms with Crippen LogP contribution in [0.2, 0.25) is 0 Å². The SMILES string of the molecule is Cc1cc(CN2C(C)CCCC2CN)c(C)s1. The van der Waals surface area contributed by atoms with Crippen molar-refractivity contribution in [3.05, 3.63) is 21.4 Å². The largest absolute Gasteiger partial charge is 0.329 e. The molecule has 0 bridgehead atoms. The van der Waals surface area contributed by atoms with Gasteiger partial charge in [-0.1, -0.05) is 6.42 Å². The lowest BCUT2D eigenvalue weighted by Gasteiger charge is -2.40. The quantitative estimate of drug-likeness (QED) is 0.896. The molecule has 0 saturated carbocycles. The molecule has 2 N–H and O–H groups in total. The van der Waals surface area contributed by atoms with Gasteiger partial charge in [-0.2, -0.15) is 0 Å². The van der Waals surface area contributed by atoms with E-state index in [0.29, 0.717) is 12.1 Å². The molecule has 2 atom stereocenters. The number of thiophene rings is 1. The fourth-order valence-electron chi connectivity index (χ4n) is 2.92. The van der Waals surface area contributed by atoms with Crippen LogP contribution in [-0.4, -0.2) is 23.5 Å². The Hall–Kier alpha value is -0.380. The zero-order valence-corrected chi connectivity index (χ0v) is 12.0. The van der Waals surface area contributed by atoms with Crippen LogP contribution < -0.4 is 5.73 Å². The third-order valence-electron chi connectivity index (χ3n) is 3.96. The van der Waals surface area contributed by atoms with Crippen molar-refractivity contribution in [2.45, 2.75) is 58.7 Å². The van der Waals surface area contributed by atoms with Crippen molar-refractivity contribution >= 4 is 11.3 Å². The van der Waals surface area contributed by atoms with Gasteiger partial charge in [0.25, 0.3) is 0 Å². The van der Waals surface area contributed by atoms with Gasteiger partial charge in [-0.25, -0.2) is 0 Å². The molecular weight excluding hydrogens is 228 g/mol. The van der Waals surface area contributed by atoms with Crippen LogP contribution in [0, 0.1) is 13.8 Å². The first-order chi connectivity index (χ1) is 8.11. The minimum Gasteiger partial charge on any atom is -0.329 e. The Bertz CT molecular complexity index is 372. The fraction of sp³-hybridized carbons (Fsp3) is 0.714. The molecule has 17 heavy (non-hydrogen) atoms. The zero-order chi connectivity index (χ0) is 12.4. The smallest absolute Gasteiger partial charge is 0.0251 e. The van der Waals surface area contributed by atoms with Crippen molar-refractivity contribution in [1.29, 1.82) is 0 Å². The summed E-state index contributed by atoms with van der Waals surface area (Å²) in [6.07, 6.45) is 3.92. The summed E-state index contributed by atoms with van der Waals surface area (Å²) in [5.41, 5.74) is 7.41. The van der Waals surface area contributed by atoms with Gasteiger partial charge >= 0.3 is 0 Å². The van der Waals surface area contributed by atoms with Gasteiger partial charge in [0, 0.05) is 34.9 Å². The fourth-order valence-corrected chi connectivity index (χ4v) is 3.85. The van der Waals surface area contributed by atoms with Gasteiger partial charge in [0.15, 0.2) is 0 Å². The molecule has 0 radical (unpaired) electrons. The van der Waals surface area contributed by atoms with Crippen molar-refractivity contribution in [2.24, 2.45) is 5.73 Å². The monoisotopic (exact) mass is 252 g/mol. The molecule has 2 rings (SSSR count). The summed E-state index contributed by atoms with van der Waals surface area (Å²) in [5.74, 6) is 0. The Morgan fingerprint density at radius 2 is 2.18 bits per heavy atom. The summed E-state index contributed by atoms with van der Waals surface area (Å²) in [4.78, 5) is 5.50. The highest BCUT2D eigenvalue weighted by Crippen LogP contribution is 2.28. The summed E-state index contributed by atoms with van der Waals surface area (Å²) >= 11 is 1.91. The number of likely N-dealkylation sites (tertiary alicyclic amines) is 1. The molecule has 3 heteroatoms. The van der Waals surface area contributed by atoms with Gasteiger partial charge in [-0.15, -0.1) is 11.3 Å². The number of nitrogens with two attached hydrogens (primary N) is 1. The Balaban J connectivity index is 2.12. The van der Waals surface area contributed by atoms with E-state index in [1.807, 2.05) is 11.3 Å². The molecule has 0 aromatic carbocycles. The molecule has 1 fully saturated rings. The summed E-state index contributed by atoms with van der Waals surface area (Å²) < 4.78 is 0. The highest BCUT2D eigenvalue weighted by molar-refractivity contribution is 7.12. The van der Waals surface area contributed by atoms with Crippen molar-refractivity contribution in [3.8, 4) is 0 Å². The van der Waals surface area contributed by atoms with E-state index in [1.54, 1.807) is 0 Å². The first-order valence-electron chi connectivity index (χ1n) is 6.63. The van der Waals surface area contributed by atoms with E-state index in [2.05, 4.69) is 31.7 Å². The molecule has 2 heterocycles. The lowest BCUT2D eigenvalue weighted by atomic mass is 9.95. The van der Waals surface area contributed by atoms with Crippen molar-refractivity contribution in [1.82, 2.24) is 4.90 Å². The van der Waals surface area contributed by atoms with E-state index in [1.165, 1.54) is 34.6 Å². The first kappa shape index (κ1) is 13.1. The maximum atomic E-state index is 5.91.